The van der Waals surface area contributed by atoms with E-state index < -0.39 is 10.0 Å². The van der Waals surface area contributed by atoms with Crippen molar-refractivity contribution in [1.29, 1.82) is 0 Å². The minimum absolute atomic E-state index is 0.00189. The Hall–Kier alpha value is -2.22. The molecule has 1 fully saturated rings. The fourth-order valence-corrected chi connectivity index (χ4v) is 5.22. The summed E-state index contributed by atoms with van der Waals surface area (Å²) in [5, 5.41) is 3.09. The van der Waals surface area contributed by atoms with Gasteiger partial charge in [-0.3, -0.25) is 9.69 Å². The molecular formula is C25H35N3O3S. The van der Waals surface area contributed by atoms with Crippen LogP contribution in [0.3, 0.4) is 0 Å². The predicted octanol–water partition coefficient (Wildman–Crippen LogP) is 3.43. The number of carbonyl (C=O) groups excluding carboxylic acids is 1. The van der Waals surface area contributed by atoms with Gasteiger partial charge in [-0.2, -0.15) is 0 Å². The molecule has 0 bridgehead atoms. The van der Waals surface area contributed by atoms with Crippen molar-refractivity contribution in [2.24, 2.45) is 5.92 Å². The zero-order valence-corrected chi connectivity index (χ0v) is 20.1. The topological polar surface area (TPSA) is 78.5 Å². The Balaban J connectivity index is 1.47. The molecule has 1 amide bonds. The van der Waals surface area contributed by atoms with Crippen LogP contribution in [0, 0.1) is 12.8 Å². The molecule has 1 aliphatic heterocycles. The number of nitrogens with one attached hydrogen (secondary N) is 2. The van der Waals surface area contributed by atoms with Crippen LogP contribution in [-0.4, -0.2) is 45.4 Å². The van der Waals surface area contributed by atoms with Crippen LogP contribution < -0.4 is 10.0 Å². The number of aryl methyl sites for hydroxylation is 2. The van der Waals surface area contributed by atoms with E-state index in [1.54, 1.807) is 24.3 Å². The van der Waals surface area contributed by atoms with Gasteiger partial charge in [0.2, 0.25) is 15.9 Å². The van der Waals surface area contributed by atoms with Crippen molar-refractivity contribution in [3.8, 4) is 0 Å². The maximum absolute atomic E-state index is 12.6. The van der Waals surface area contributed by atoms with Crippen LogP contribution >= 0.6 is 0 Å². The quantitative estimate of drug-likeness (QED) is 0.605. The van der Waals surface area contributed by atoms with E-state index in [9.17, 15) is 13.2 Å². The van der Waals surface area contributed by atoms with Crippen LogP contribution in [0.1, 0.15) is 49.4 Å². The van der Waals surface area contributed by atoms with E-state index in [1.165, 1.54) is 5.56 Å². The molecule has 1 aliphatic rings. The largest absolute Gasteiger partial charge is 0.348 e. The van der Waals surface area contributed by atoms with Gasteiger partial charge < -0.3 is 5.32 Å². The van der Waals surface area contributed by atoms with Crippen LogP contribution in [0.15, 0.2) is 53.4 Å². The van der Waals surface area contributed by atoms with Crippen LogP contribution in [-0.2, 0) is 21.2 Å². The number of nitrogens with zero attached hydrogens (tertiary/aromatic N) is 1. The Morgan fingerprint density at radius 3 is 2.47 bits per heavy atom. The Bertz CT molecular complexity index is 988. The van der Waals surface area contributed by atoms with Gasteiger partial charge in [-0.05, 0) is 68.8 Å². The Kier molecular flexibility index (Phi) is 8.45. The van der Waals surface area contributed by atoms with Crippen molar-refractivity contribution in [1.82, 2.24) is 14.9 Å². The van der Waals surface area contributed by atoms with Gasteiger partial charge in [0.25, 0.3) is 0 Å². The molecular weight excluding hydrogens is 422 g/mol. The number of carbonyl (C=O) groups is 1. The Labute approximate surface area is 192 Å². The molecule has 0 saturated carbocycles. The van der Waals surface area contributed by atoms with Gasteiger partial charge in [-0.1, -0.05) is 48.9 Å². The molecule has 7 heteroatoms. The number of benzene rings is 2. The molecule has 0 aromatic heterocycles. The molecule has 2 N–H and O–H groups in total. The number of likely N-dealkylation sites (tertiary alicyclic amines) is 1. The van der Waals surface area contributed by atoms with E-state index in [1.807, 2.05) is 13.8 Å². The number of rotatable bonds is 9. The fourth-order valence-electron chi connectivity index (χ4n) is 4.11. The molecule has 3 rings (SSSR count). The lowest BCUT2D eigenvalue weighted by molar-refractivity contribution is -0.123. The van der Waals surface area contributed by atoms with Gasteiger partial charge in [0.15, 0.2) is 0 Å². The lowest BCUT2D eigenvalue weighted by Gasteiger charge is -2.32. The highest BCUT2D eigenvalue weighted by Gasteiger charge is 2.24. The van der Waals surface area contributed by atoms with Crippen molar-refractivity contribution in [2.45, 2.75) is 51.0 Å². The third-order valence-electron chi connectivity index (χ3n) is 6.13. The molecule has 2 unspecified atom stereocenters. The van der Waals surface area contributed by atoms with E-state index in [0.717, 1.165) is 36.9 Å². The van der Waals surface area contributed by atoms with Gasteiger partial charge in [0, 0.05) is 13.1 Å². The monoisotopic (exact) mass is 457 g/mol. The fraction of sp³-hybridized carbons (Fsp3) is 0.480. The molecule has 0 aliphatic carbocycles. The standard InChI is InChI=1S/C25H35N3O3S/c1-4-21-9-11-23(12-10-21)20(3)27-25(29)18-28-15-5-6-22(17-28)16-26-32(30,31)24-13-7-19(2)8-14-24/h7-14,20,22,26H,4-6,15-18H2,1-3H3,(H,27,29). The van der Waals surface area contributed by atoms with Crippen LogP contribution in [0.25, 0.3) is 0 Å². The molecule has 1 heterocycles. The van der Waals surface area contributed by atoms with Crippen molar-refractivity contribution < 1.29 is 13.2 Å². The third kappa shape index (κ3) is 6.89. The minimum atomic E-state index is -3.52. The number of hydrogen-bond donors (Lipinski definition) is 2. The maximum Gasteiger partial charge on any atom is 0.240 e. The highest BCUT2D eigenvalue weighted by Crippen LogP contribution is 2.18. The van der Waals surface area contributed by atoms with Crippen LogP contribution in [0.4, 0.5) is 0 Å². The van der Waals surface area contributed by atoms with Gasteiger partial charge >= 0.3 is 0 Å². The summed E-state index contributed by atoms with van der Waals surface area (Å²) >= 11 is 0. The summed E-state index contributed by atoms with van der Waals surface area (Å²) in [4.78, 5) is 15.0. The summed E-state index contributed by atoms with van der Waals surface area (Å²) < 4.78 is 27.9. The summed E-state index contributed by atoms with van der Waals surface area (Å²) in [7, 11) is -3.52. The molecule has 0 radical (unpaired) electrons. The smallest absolute Gasteiger partial charge is 0.240 e. The summed E-state index contributed by atoms with van der Waals surface area (Å²) in [6.45, 7) is 8.33. The molecule has 2 atom stereocenters. The zero-order chi connectivity index (χ0) is 23.1. The summed E-state index contributed by atoms with van der Waals surface area (Å²) in [5.74, 6) is 0.189. The second-order valence-corrected chi connectivity index (χ2v) is 10.6. The van der Waals surface area contributed by atoms with Gasteiger partial charge in [-0.25, -0.2) is 13.1 Å². The van der Waals surface area contributed by atoms with Gasteiger partial charge in [0.1, 0.15) is 0 Å². The average molecular weight is 458 g/mol. The highest BCUT2D eigenvalue weighted by atomic mass is 32.2. The first-order valence-corrected chi connectivity index (χ1v) is 12.9. The van der Waals surface area contributed by atoms with E-state index >= 15 is 0 Å². The number of hydrogen-bond acceptors (Lipinski definition) is 4. The van der Waals surface area contributed by atoms with Crippen molar-refractivity contribution >= 4 is 15.9 Å². The van der Waals surface area contributed by atoms with Crippen molar-refractivity contribution in [3.05, 3.63) is 65.2 Å². The van der Waals surface area contributed by atoms with E-state index in [2.05, 4.69) is 46.1 Å². The van der Waals surface area contributed by atoms with E-state index in [-0.39, 0.29) is 22.8 Å². The average Bonchev–Trinajstić information content (AvgIpc) is 2.78. The number of amides is 1. The van der Waals surface area contributed by atoms with Gasteiger partial charge in [0.05, 0.1) is 17.5 Å². The molecule has 1 saturated heterocycles. The van der Waals surface area contributed by atoms with Crippen LogP contribution in [0.5, 0.6) is 0 Å². The second kappa shape index (κ2) is 11.1. The summed E-state index contributed by atoms with van der Waals surface area (Å²) in [6, 6.07) is 15.2. The van der Waals surface area contributed by atoms with Crippen molar-refractivity contribution in [2.75, 3.05) is 26.2 Å². The number of sulfonamides is 1. The maximum atomic E-state index is 12.6. The molecule has 6 nitrogen and oxygen atoms in total. The minimum Gasteiger partial charge on any atom is -0.348 e. The molecule has 0 spiro atoms. The zero-order valence-electron chi connectivity index (χ0n) is 19.3. The Morgan fingerprint density at radius 2 is 1.81 bits per heavy atom. The molecule has 32 heavy (non-hydrogen) atoms. The van der Waals surface area contributed by atoms with Gasteiger partial charge in [-0.15, -0.1) is 0 Å². The SMILES string of the molecule is CCc1ccc(C(C)NC(=O)CN2CCCC(CNS(=O)(=O)c3ccc(C)cc3)C2)cc1. The summed E-state index contributed by atoms with van der Waals surface area (Å²) in [5.41, 5.74) is 3.40. The first kappa shape index (κ1) is 24.4. The first-order chi connectivity index (χ1) is 15.3. The Morgan fingerprint density at radius 1 is 1.12 bits per heavy atom. The predicted molar refractivity (Wildman–Crippen MR) is 128 cm³/mol. The van der Waals surface area contributed by atoms with E-state index in [0.29, 0.717) is 19.6 Å². The van der Waals surface area contributed by atoms with Crippen LogP contribution in [0.2, 0.25) is 0 Å². The highest BCUT2D eigenvalue weighted by molar-refractivity contribution is 7.89. The molecule has 2 aromatic rings. The normalized spacial score (nSPS) is 18.3. The molecule has 174 valence electrons. The number of piperidine rings is 1. The molecule has 2 aromatic carbocycles. The lowest BCUT2D eigenvalue weighted by atomic mass is 9.98. The lowest BCUT2D eigenvalue weighted by Crippen LogP contribution is -2.45. The third-order valence-corrected chi connectivity index (χ3v) is 7.57. The first-order valence-electron chi connectivity index (χ1n) is 11.4. The van der Waals surface area contributed by atoms with Crippen molar-refractivity contribution in [3.63, 3.8) is 0 Å². The summed E-state index contributed by atoms with van der Waals surface area (Å²) in [6.07, 6.45) is 2.91. The second-order valence-electron chi connectivity index (χ2n) is 8.79. The van der Waals surface area contributed by atoms with E-state index in [4.69, 9.17) is 0 Å².